The maximum Gasteiger partial charge on any atom is 0.310 e. The molecule has 0 bridgehead atoms. The SMILES string of the molecule is CC(=O)O.CC(=O)O.CC(=O)O.CC(=O)O.CC(=O)O.CC(=O)O.CC(=O)O.CC(=O)OC(C)=O.CC(C)=O.CO.CO.CO.CO.CO.CO.CO.CO.CO.COC(C)=O. The van der Waals surface area contributed by atoms with E-state index in [1.807, 2.05) is 0 Å². The number of esters is 3. The molecule has 0 heterocycles. The van der Waals surface area contributed by atoms with Gasteiger partial charge in [-0.15, -0.1) is 0 Å². The summed E-state index contributed by atoms with van der Waals surface area (Å²) < 4.78 is 8.08. The number of aliphatic carboxylic acids is 7. The maximum atomic E-state index is 9.81. The minimum absolute atomic E-state index is 0.167. The van der Waals surface area contributed by atoms with E-state index in [0.29, 0.717) is 0 Å². The molecule has 0 aromatic rings. The average Bonchev–Trinajstić information content (AvgIpc) is 3.14. The van der Waals surface area contributed by atoms with Crippen LogP contribution in [0.3, 0.4) is 0 Å². The fourth-order valence-electron chi connectivity index (χ4n) is 0.202. The van der Waals surface area contributed by atoms with Gasteiger partial charge in [0.15, 0.2) is 0 Å². The molecule has 0 spiro atoms. The Kier molecular flexibility index (Phi) is 380. The highest BCUT2D eigenvalue weighted by molar-refractivity contribution is 5.82. The van der Waals surface area contributed by atoms with Crippen LogP contribution in [0, 0.1) is 0 Å². The second-order valence-corrected chi connectivity index (χ2v) is 6.32. The summed E-state index contributed by atoms with van der Waals surface area (Å²) in [6.45, 7) is 14.4. The lowest BCUT2D eigenvalue weighted by Gasteiger charge is -1.87. The van der Waals surface area contributed by atoms with Gasteiger partial charge in [-0.3, -0.25) is 47.9 Å². The van der Waals surface area contributed by atoms with Gasteiger partial charge in [-0.2, -0.15) is 0 Å². The molecule has 0 unspecified atom stereocenters. The molecule has 29 heteroatoms. The van der Waals surface area contributed by atoms with Crippen LogP contribution < -0.4 is 0 Å². The van der Waals surface area contributed by atoms with Gasteiger partial charge in [0, 0.05) is 133 Å². The summed E-state index contributed by atoms with van der Waals surface area (Å²) in [5.74, 6) is -7.04. The highest BCUT2D eigenvalue weighted by Gasteiger charge is 1.93. The molecule has 0 saturated carbocycles. The van der Waals surface area contributed by atoms with E-state index < -0.39 is 53.7 Å². The van der Waals surface area contributed by atoms with Crippen molar-refractivity contribution < 1.29 is 144 Å². The van der Waals surface area contributed by atoms with Crippen molar-refractivity contribution in [3.05, 3.63) is 0 Å². The number of ketones is 1. The third-order valence-corrected chi connectivity index (χ3v) is 0.575. The molecule has 0 aliphatic heterocycles. The molecule has 0 saturated heterocycles. The van der Waals surface area contributed by atoms with Crippen molar-refractivity contribution in [1.29, 1.82) is 0 Å². The van der Waals surface area contributed by atoms with E-state index in [9.17, 15) is 19.2 Å². The number of hydrogen-bond donors (Lipinski definition) is 16. The average molecular weight is 943 g/mol. The largest absolute Gasteiger partial charge is 0.481 e. The van der Waals surface area contributed by atoms with E-state index in [1.54, 1.807) is 0 Å². The molecule has 388 valence electrons. The molecule has 0 aliphatic carbocycles. The van der Waals surface area contributed by atoms with E-state index in [4.69, 9.17) is 115 Å². The van der Waals surface area contributed by atoms with Crippen LogP contribution in [0.4, 0.5) is 0 Å². The van der Waals surface area contributed by atoms with Crippen LogP contribution in [0.5, 0.6) is 0 Å². The zero-order chi connectivity index (χ0) is 56.8. The molecule has 0 aromatic carbocycles. The fraction of sp³-hybridized carbons (Fsp3) is 0.667. The number of ether oxygens (including phenoxy) is 2. The molecule has 29 nitrogen and oxygen atoms in total. The third kappa shape index (κ3) is 3480000. The first-order valence-corrected chi connectivity index (χ1v) is 14.9. The summed E-state index contributed by atoms with van der Waals surface area (Å²) in [6, 6.07) is 0. The Bertz CT molecular complexity index is 658. The van der Waals surface area contributed by atoms with Gasteiger partial charge in [0.05, 0.1) is 7.11 Å². The van der Waals surface area contributed by atoms with Crippen LogP contribution in [0.1, 0.15) is 83.1 Å². The number of rotatable bonds is 0. The Balaban J connectivity index is -0.0000000188. The summed E-state index contributed by atoms with van der Waals surface area (Å²) in [4.78, 5) is 102. The lowest BCUT2D eigenvalue weighted by molar-refractivity contribution is -0.156. The quantitative estimate of drug-likeness (QED) is 0.0921. The molecule has 0 atom stereocenters. The first-order chi connectivity index (χ1) is 28.3. The van der Waals surface area contributed by atoms with Gasteiger partial charge >= 0.3 is 17.9 Å². The van der Waals surface area contributed by atoms with Crippen LogP contribution >= 0.6 is 0 Å². The molecule has 16 N–H and O–H groups in total. The Labute approximate surface area is 363 Å². The maximum absolute atomic E-state index is 9.81. The first kappa shape index (κ1) is 124. The van der Waals surface area contributed by atoms with Gasteiger partial charge in [-0.25, -0.2) is 0 Å². The van der Waals surface area contributed by atoms with Crippen LogP contribution in [-0.4, -0.2) is 218 Å². The summed E-state index contributed by atoms with van der Waals surface area (Å²) in [6.07, 6.45) is 0. The molecule has 0 radical (unpaired) electrons. The number of carboxylic acids is 7. The molecule has 0 rings (SSSR count). The van der Waals surface area contributed by atoms with Crippen molar-refractivity contribution in [3.8, 4) is 0 Å². The molecule has 0 amide bonds. The monoisotopic (exact) mass is 942 g/mol. The minimum Gasteiger partial charge on any atom is -0.481 e. The van der Waals surface area contributed by atoms with Crippen LogP contribution in [0.25, 0.3) is 0 Å². The summed E-state index contributed by atoms with van der Waals surface area (Å²) in [5.41, 5.74) is 0. The highest BCUT2D eigenvalue weighted by Crippen LogP contribution is 1.73. The number of aliphatic hydroxyl groups is 9. The van der Waals surface area contributed by atoms with Crippen molar-refractivity contribution in [1.82, 2.24) is 0 Å². The predicted molar refractivity (Wildman–Crippen MR) is 223 cm³/mol. The number of methoxy groups -OCH3 is 1. The number of Topliss-reactive ketones (excluding diaryl/α,β-unsaturated/α-hetero) is 1. The minimum atomic E-state index is -0.833. The smallest absolute Gasteiger partial charge is 0.310 e. The fourth-order valence-corrected chi connectivity index (χ4v) is 0.202. The zero-order valence-electron chi connectivity index (χ0n) is 40.0. The van der Waals surface area contributed by atoms with Gasteiger partial charge in [0.25, 0.3) is 41.8 Å². The molecule has 0 fully saturated rings. The van der Waals surface area contributed by atoms with Crippen LogP contribution in [0.15, 0.2) is 0 Å². The van der Waals surface area contributed by atoms with Crippen molar-refractivity contribution in [2.24, 2.45) is 0 Å². The molecule has 0 aliphatic rings. The lowest BCUT2D eigenvalue weighted by Crippen LogP contribution is -2.03. The van der Waals surface area contributed by atoms with Gasteiger partial charge < -0.3 is 96.0 Å². The van der Waals surface area contributed by atoms with E-state index in [0.717, 1.165) is 112 Å². The molecular formula is C33H82O29. The summed E-state index contributed by atoms with van der Waals surface area (Å²) >= 11 is 0. The van der Waals surface area contributed by atoms with Gasteiger partial charge in [-0.05, 0) is 13.8 Å². The van der Waals surface area contributed by atoms with E-state index in [1.165, 1.54) is 41.7 Å². The molecule has 0 aromatic heterocycles. The molecular weight excluding hydrogens is 860 g/mol. The van der Waals surface area contributed by atoms with Crippen molar-refractivity contribution in [2.75, 3.05) is 71.1 Å². The number of carbonyl (C=O) groups excluding carboxylic acids is 4. The third-order valence-electron chi connectivity index (χ3n) is 0.575. The second-order valence-electron chi connectivity index (χ2n) is 6.32. The molecule has 62 heavy (non-hydrogen) atoms. The van der Waals surface area contributed by atoms with Crippen LogP contribution in [-0.2, 0) is 62.2 Å². The van der Waals surface area contributed by atoms with Crippen molar-refractivity contribution in [3.63, 3.8) is 0 Å². The zero-order valence-corrected chi connectivity index (χ0v) is 40.0. The standard InChI is InChI=1S/C4H6O3.C3H6O2.C3H6O.7C2H4O2.9CH4O/c1-3(5)7-4(2)6;1-3(4)5-2;1-3(2)4;7*1-2(3)4;9*1-2/h1-2H3;1-2H3;1-2H3;7*1H3,(H,3,4);9*2H,1H3. The van der Waals surface area contributed by atoms with E-state index in [2.05, 4.69) is 9.47 Å². The first-order valence-electron chi connectivity index (χ1n) is 14.9. The normalized spacial score (nSPS) is 5.53. The number of hydrogen-bond acceptors (Lipinski definition) is 22. The Hall–Kier alpha value is -5.79. The lowest BCUT2D eigenvalue weighted by atomic mass is 10.6. The van der Waals surface area contributed by atoms with E-state index in [-0.39, 0.29) is 11.8 Å². The van der Waals surface area contributed by atoms with Gasteiger partial charge in [0.1, 0.15) is 5.78 Å². The second kappa shape index (κ2) is 190. The highest BCUT2D eigenvalue weighted by atomic mass is 16.6. The Morgan fingerprint density at radius 3 is 0.290 bits per heavy atom. The van der Waals surface area contributed by atoms with Crippen molar-refractivity contribution in [2.45, 2.75) is 83.1 Å². The Morgan fingerprint density at radius 2 is 0.290 bits per heavy atom. The van der Waals surface area contributed by atoms with E-state index >= 15 is 0 Å². The van der Waals surface area contributed by atoms with Gasteiger partial charge in [-0.1, -0.05) is 0 Å². The van der Waals surface area contributed by atoms with Gasteiger partial charge in [0.2, 0.25) is 0 Å². The van der Waals surface area contributed by atoms with Crippen molar-refractivity contribution >= 4 is 65.5 Å². The van der Waals surface area contributed by atoms with Crippen LogP contribution in [0.2, 0.25) is 0 Å². The number of carboxylic acid groups (broad SMARTS) is 7. The summed E-state index contributed by atoms with van der Waals surface area (Å²) in [7, 11) is 10.3. The topological polar surface area (TPSA) is 530 Å². The Morgan fingerprint density at radius 1 is 0.242 bits per heavy atom. The summed E-state index contributed by atoms with van der Waals surface area (Å²) in [5, 5.41) is 115. The number of aliphatic hydroxyl groups excluding tert-OH is 9. The number of carbonyl (C=O) groups is 11. The predicted octanol–water partition coefficient (Wildman–Crippen LogP) is -2.02.